The highest BCUT2D eigenvalue weighted by Gasteiger charge is 2.51. The first-order valence-electron chi connectivity index (χ1n) is 20.1. The number of nitriles is 1. The van der Waals surface area contributed by atoms with Gasteiger partial charge in [-0.1, -0.05) is 140 Å². The third kappa shape index (κ3) is 5.53. The Balaban J connectivity index is 0.994. The number of benzene rings is 7. The van der Waals surface area contributed by atoms with Crippen molar-refractivity contribution in [2.75, 3.05) is 0 Å². The molecule has 0 radical (unpaired) electrons. The van der Waals surface area contributed by atoms with Crippen LogP contribution < -0.4 is 0 Å². The summed E-state index contributed by atoms with van der Waals surface area (Å²) in [5.74, 6) is 4.78. The van der Waals surface area contributed by atoms with Crippen molar-refractivity contribution in [1.82, 2.24) is 15.0 Å². The molecule has 4 bridgehead atoms. The van der Waals surface area contributed by atoms with Crippen LogP contribution >= 0.6 is 0 Å². The molecule has 4 nitrogen and oxygen atoms in total. The SMILES string of the molecule is N#Cc1ccc(-c2c3ccccc3c(-c3ccc(-c4nc(-c5ccccc5)nc(-c5ccc(C67C[C@H]8C[C@H](C6)C[C@@H](C7)C8)cc5)n4)cc3)c3ccccc23)cc1. The molecule has 4 saturated carbocycles. The van der Waals surface area contributed by atoms with Crippen molar-refractivity contribution in [3.8, 4) is 62.5 Å². The zero-order valence-corrected chi connectivity index (χ0v) is 31.2. The van der Waals surface area contributed by atoms with E-state index in [9.17, 15) is 5.26 Å². The van der Waals surface area contributed by atoms with Gasteiger partial charge in [0.2, 0.25) is 0 Å². The van der Waals surface area contributed by atoms with Gasteiger partial charge in [0.05, 0.1) is 11.6 Å². The average Bonchev–Trinajstić information content (AvgIpc) is 3.25. The molecule has 4 fully saturated rings. The molecular weight excluding hydrogens is 681 g/mol. The zero-order valence-electron chi connectivity index (χ0n) is 31.2. The molecule has 0 N–H and O–H groups in total. The third-order valence-corrected chi connectivity index (χ3v) is 13.1. The minimum Gasteiger partial charge on any atom is -0.208 e. The first-order chi connectivity index (χ1) is 27.6. The molecule has 1 heterocycles. The molecule has 0 amide bonds. The maximum atomic E-state index is 9.45. The van der Waals surface area contributed by atoms with Gasteiger partial charge in [0, 0.05) is 16.7 Å². The maximum absolute atomic E-state index is 9.45. The van der Waals surface area contributed by atoms with Crippen LogP contribution in [0.1, 0.15) is 49.7 Å². The highest BCUT2D eigenvalue weighted by atomic mass is 15.0. The summed E-state index contributed by atoms with van der Waals surface area (Å²) in [5.41, 5.74) is 10.1. The second-order valence-corrected chi connectivity index (χ2v) is 16.6. The van der Waals surface area contributed by atoms with E-state index in [2.05, 4.69) is 127 Å². The molecule has 268 valence electrons. The minimum atomic E-state index is 0.356. The van der Waals surface area contributed by atoms with Crippen molar-refractivity contribution in [3.63, 3.8) is 0 Å². The van der Waals surface area contributed by atoms with Crippen molar-refractivity contribution in [2.24, 2.45) is 17.8 Å². The Morgan fingerprint density at radius 2 is 0.768 bits per heavy atom. The molecule has 0 saturated heterocycles. The van der Waals surface area contributed by atoms with Crippen molar-refractivity contribution >= 4 is 21.5 Å². The molecule has 7 aromatic carbocycles. The average molecular weight is 721 g/mol. The number of rotatable bonds is 6. The van der Waals surface area contributed by atoms with Crippen LogP contribution in [-0.4, -0.2) is 15.0 Å². The normalized spacial score (nSPS) is 21.0. The molecule has 1 aromatic heterocycles. The van der Waals surface area contributed by atoms with Crippen LogP contribution in [0.3, 0.4) is 0 Å². The smallest absolute Gasteiger partial charge is 0.164 e. The van der Waals surface area contributed by atoms with Crippen LogP contribution in [-0.2, 0) is 5.41 Å². The Labute approximate surface area is 327 Å². The van der Waals surface area contributed by atoms with Crippen LogP contribution in [0.4, 0.5) is 0 Å². The van der Waals surface area contributed by atoms with Gasteiger partial charge in [-0.2, -0.15) is 5.26 Å². The summed E-state index contributed by atoms with van der Waals surface area (Å²) in [6.07, 6.45) is 8.43. The standard InChI is InChI=1S/C52H40N4/c53-32-33-14-16-37(17-15-33)47-43-10-4-6-12-45(43)48(46-13-7-5-11-44(46)47)38-18-20-40(21-19-38)50-54-49(39-8-2-1-3-9-39)55-51(56-50)41-22-24-42(25-23-41)52-29-34-26-35(30-52)28-36(27-34)31-52/h1-25,34-36H,26-31H2/t34-,35-,36-,52?. The molecule has 4 heteroatoms. The molecule has 0 atom stereocenters. The Hall–Kier alpha value is -6.44. The third-order valence-electron chi connectivity index (χ3n) is 13.1. The van der Waals surface area contributed by atoms with Crippen molar-refractivity contribution in [1.29, 1.82) is 5.26 Å². The van der Waals surface area contributed by atoms with E-state index in [0.717, 1.165) is 45.6 Å². The number of fused-ring (bicyclic) bond motifs is 2. The molecular formula is C52H40N4. The summed E-state index contributed by atoms with van der Waals surface area (Å²) < 4.78 is 0. The highest BCUT2D eigenvalue weighted by Crippen LogP contribution is 2.60. The first-order valence-corrected chi connectivity index (χ1v) is 20.1. The van der Waals surface area contributed by atoms with Crippen LogP contribution in [0.2, 0.25) is 0 Å². The van der Waals surface area contributed by atoms with Gasteiger partial charge in [0.25, 0.3) is 0 Å². The van der Waals surface area contributed by atoms with Gasteiger partial charge in [0.1, 0.15) is 0 Å². The fraction of sp³-hybridized carbons (Fsp3) is 0.192. The van der Waals surface area contributed by atoms with Crippen LogP contribution in [0.15, 0.2) is 152 Å². The summed E-state index contributed by atoms with van der Waals surface area (Å²) in [5, 5.41) is 14.2. The number of hydrogen-bond donors (Lipinski definition) is 0. The monoisotopic (exact) mass is 720 g/mol. The lowest BCUT2D eigenvalue weighted by molar-refractivity contribution is -0.00518. The Bertz CT molecular complexity index is 2720. The zero-order chi connectivity index (χ0) is 37.2. The van der Waals surface area contributed by atoms with Crippen LogP contribution in [0.25, 0.3) is 78.0 Å². The molecule has 8 aromatic rings. The molecule has 0 unspecified atom stereocenters. The predicted octanol–water partition coefficient (Wildman–Crippen LogP) is 12.9. The van der Waals surface area contributed by atoms with Crippen molar-refractivity contribution in [2.45, 2.75) is 43.9 Å². The van der Waals surface area contributed by atoms with E-state index in [1.54, 1.807) is 0 Å². The fourth-order valence-corrected chi connectivity index (χ4v) is 11.0. The Morgan fingerprint density at radius 1 is 0.411 bits per heavy atom. The maximum Gasteiger partial charge on any atom is 0.164 e. The predicted molar refractivity (Wildman–Crippen MR) is 227 cm³/mol. The van der Waals surface area contributed by atoms with Crippen molar-refractivity contribution in [3.05, 3.63) is 163 Å². The van der Waals surface area contributed by atoms with Crippen LogP contribution in [0.5, 0.6) is 0 Å². The van der Waals surface area contributed by atoms with E-state index in [1.165, 1.54) is 76.8 Å². The van der Waals surface area contributed by atoms with Gasteiger partial charge in [-0.25, -0.2) is 15.0 Å². The van der Waals surface area contributed by atoms with Crippen molar-refractivity contribution < 1.29 is 0 Å². The second kappa shape index (κ2) is 13.1. The number of hydrogen-bond acceptors (Lipinski definition) is 4. The topological polar surface area (TPSA) is 62.5 Å². The first kappa shape index (κ1) is 32.9. The van der Waals surface area contributed by atoms with Gasteiger partial charge in [0.15, 0.2) is 17.5 Å². The van der Waals surface area contributed by atoms with Gasteiger partial charge in [-0.15, -0.1) is 0 Å². The van der Waals surface area contributed by atoms with Gasteiger partial charge >= 0.3 is 0 Å². The molecule has 0 aliphatic heterocycles. The Kier molecular flexibility index (Phi) is 7.71. The minimum absolute atomic E-state index is 0.356. The quantitative estimate of drug-likeness (QED) is 0.160. The van der Waals surface area contributed by atoms with E-state index < -0.39 is 0 Å². The molecule has 0 spiro atoms. The number of aromatic nitrogens is 3. The van der Waals surface area contributed by atoms with E-state index >= 15 is 0 Å². The summed E-state index contributed by atoms with van der Waals surface area (Å²) in [6, 6.07) is 55.7. The van der Waals surface area contributed by atoms with Crippen LogP contribution in [0, 0.1) is 29.1 Å². The molecule has 12 rings (SSSR count). The van der Waals surface area contributed by atoms with E-state index in [-0.39, 0.29) is 0 Å². The Morgan fingerprint density at radius 3 is 1.20 bits per heavy atom. The fourth-order valence-electron chi connectivity index (χ4n) is 11.0. The van der Waals surface area contributed by atoms with E-state index in [1.807, 2.05) is 30.3 Å². The lowest BCUT2D eigenvalue weighted by atomic mass is 9.48. The van der Waals surface area contributed by atoms with E-state index in [0.29, 0.717) is 28.5 Å². The van der Waals surface area contributed by atoms with E-state index in [4.69, 9.17) is 15.0 Å². The molecule has 4 aliphatic carbocycles. The second-order valence-electron chi connectivity index (χ2n) is 16.6. The number of nitrogens with zero attached hydrogens (tertiary/aromatic N) is 4. The highest BCUT2D eigenvalue weighted by molar-refractivity contribution is 6.21. The summed E-state index contributed by atoms with van der Waals surface area (Å²) in [4.78, 5) is 15.3. The lowest BCUT2D eigenvalue weighted by Crippen LogP contribution is -2.48. The largest absolute Gasteiger partial charge is 0.208 e. The van der Waals surface area contributed by atoms with Gasteiger partial charge < -0.3 is 0 Å². The van der Waals surface area contributed by atoms with Gasteiger partial charge in [-0.3, -0.25) is 0 Å². The summed E-state index contributed by atoms with van der Waals surface area (Å²) >= 11 is 0. The summed E-state index contributed by atoms with van der Waals surface area (Å²) in [6.45, 7) is 0. The molecule has 56 heavy (non-hydrogen) atoms. The summed E-state index contributed by atoms with van der Waals surface area (Å²) in [7, 11) is 0. The molecule has 4 aliphatic rings. The van der Waals surface area contributed by atoms with Gasteiger partial charge in [-0.05, 0) is 123 Å². The lowest BCUT2D eigenvalue weighted by Gasteiger charge is -2.57.